The lowest BCUT2D eigenvalue weighted by molar-refractivity contribution is -0.139. The lowest BCUT2D eigenvalue weighted by Gasteiger charge is -2.24. The van der Waals surface area contributed by atoms with Gasteiger partial charge in [0.15, 0.2) is 0 Å². The van der Waals surface area contributed by atoms with Gasteiger partial charge in [-0.2, -0.15) is 4.90 Å². The second kappa shape index (κ2) is 6.02. The van der Waals surface area contributed by atoms with Gasteiger partial charge in [0, 0.05) is 19.6 Å². The minimum atomic E-state index is -0.860. The summed E-state index contributed by atoms with van der Waals surface area (Å²) in [6, 6.07) is 9.92. The van der Waals surface area contributed by atoms with E-state index < -0.39 is 35.3 Å². The Labute approximate surface area is 141 Å². The fourth-order valence-electron chi connectivity index (χ4n) is 3.28. The van der Waals surface area contributed by atoms with Crippen molar-refractivity contribution < 1.29 is 19.1 Å². The zero-order valence-corrected chi connectivity index (χ0v) is 14.2. The largest absolute Gasteiger partial charge is 0.443 e. The van der Waals surface area contributed by atoms with E-state index in [2.05, 4.69) is 4.90 Å². The van der Waals surface area contributed by atoms with Gasteiger partial charge in [0.25, 0.3) is 0 Å². The number of rotatable bonds is 2. The first-order valence-electron chi connectivity index (χ1n) is 8.13. The quantitative estimate of drug-likeness (QED) is 0.776. The number of nitrogens with zero attached hydrogens (tertiary/aromatic N) is 2. The number of imide groups is 3. The number of hydrogen-bond donors (Lipinski definition) is 0. The van der Waals surface area contributed by atoms with E-state index in [0.29, 0.717) is 24.5 Å². The van der Waals surface area contributed by atoms with Crippen molar-refractivity contribution in [3.63, 3.8) is 0 Å². The minimum absolute atomic E-state index is 0.435. The number of hydrogen-bond acceptors (Lipinski definition) is 5. The molecule has 2 aliphatic rings. The van der Waals surface area contributed by atoms with Crippen molar-refractivity contribution >= 4 is 17.9 Å². The van der Waals surface area contributed by atoms with Gasteiger partial charge in [-0.3, -0.25) is 14.5 Å². The molecule has 6 heteroatoms. The van der Waals surface area contributed by atoms with Crippen molar-refractivity contribution in [3.8, 4) is 0 Å². The van der Waals surface area contributed by atoms with E-state index in [0.717, 1.165) is 5.56 Å². The summed E-state index contributed by atoms with van der Waals surface area (Å²) in [7, 11) is 0. The van der Waals surface area contributed by atoms with E-state index >= 15 is 0 Å². The zero-order valence-electron chi connectivity index (χ0n) is 14.2. The van der Waals surface area contributed by atoms with Gasteiger partial charge in [-0.1, -0.05) is 30.3 Å². The molecule has 2 atom stereocenters. The van der Waals surface area contributed by atoms with E-state index in [1.54, 1.807) is 20.8 Å². The molecule has 128 valence electrons. The van der Waals surface area contributed by atoms with Crippen LogP contribution in [0.5, 0.6) is 0 Å². The van der Waals surface area contributed by atoms with Crippen LogP contribution in [-0.2, 0) is 20.9 Å². The summed E-state index contributed by atoms with van der Waals surface area (Å²) in [6.07, 6.45) is -0.860. The summed E-state index contributed by atoms with van der Waals surface area (Å²) in [5, 5.41) is 0. The molecule has 0 aromatic heterocycles. The van der Waals surface area contributed by atoms with Gasteiger partial charge in [0.05, 0.1) is 11.8 Å². The van der Waals surface area contributed by atoms with Crippen LogP contribution in [0.15, 0.2) is 30.3 Å². The molecule has 3 amide bonds. The molecular weight excluding hydrogens is 308 g/mol. The molecule has 0 unspecified atom stereocenters. The van der Waals surface area contributed by atoms with Gasteiger partial charge in [-0.25, -0.2) is 4.79 Å². The van der Waals surface area contributed by atoms with Crippen molar-refractivity contribution in [1.82, 2.24) is 9.80 Å². The highest BCUT2D eigenvalue weighted by Crippen LogP contribution is 2.34. The first kappa shape index (κ1) is 16.6. The zero-order chi connectivity index (χ0) is 17.5. The number of amides is 3. The number of fused-ring (bicyclic) bond motifs is 1. The van der Waals surface area contributed by atoms with Crippen LogP contribution in [-0.4, -0.2) is 46.4 Å². The lowest BCUT2D eigenvalue weighted by atomic mass is 10.00. The van der Waals surface area contributed by atoms with E-state index in [1.807, 2.05) is 30.3 Å². The lowest BCUT2D eigenvalue weighted by Crippen LogP contribution is -2.43. The number of benzene rings is 1. The molecule has 2 fully saturated rings. The summed E-state index contributed by atoms with van der Waals surface area (Å²) < 4.78 is 5.18. The molecule has 3 rings (SSSR count). The van der Waals surface area contributed by atoms with Crippen LogP contribution >= 0.6 is 0 Å². The molecule has 1 aromatic rings. The predicted molar refractivity (Wildman–Crippen MR) is 86.8 cm³/mol. The standard InChI is InChI=1S/C18H22N2O4/c1-18(2,3)24-17(23)20-15(21)13-10-19(11-14(13)16(20)22)9-12-7-5-4-6-8-12/h4-8,13-14H,9-11H2,1-3H3/t13-,14+. The number of ether oxygens (including phenoxy) is 1. The Hall–Kier alpha value is -2.21. The topological polar surface area (TPSA) is 66.9 Å². The number of carbonyl (C=O) groups excluding carboxylic acids is 3. The van der Waals surface area contributed by atoms with Crippen molar-refractivity contribution in [2.24, 2.45) is 11.8 Å². The second-order valence-corrected chi connectivity index (χ2v) is 7.38. The van der Waals surface area contributed by atoms with Crippen LogP contribution < -0.4 is 0 Å². The molecule has 6 nitrogen and oxygen atoms in total. The molecule has 2 heterocycles. The minimum Gasteiger partial charge on any atom is -0.443 e. The molecule has 2 aliphatic heterocycles. The van der Waals surface area contributed by atoms with Crippen molar-refractivity contribution in [2.45, 2.75) is 32.9 Å². The van der Waals surface area contributed by atoms with Crippen LogP contribution in [0.25, 0.3) is 0 Å². The number of carbonyl (C=O) groups is 3. The maximum absolute atomic E-state index is 12.5. The summed E-state index contributed by atoms with van der Waals surface area (Å²) in [5.41, 5.74) is 0.399. The average molecular weight is 330 g/mol. The third-order valence-corrected chi connectivity index (χ3v) is 4.30. The van der Waals surface area contributed by atoms with Gasteiger partial charge in [-0.05, 0) is 26.3 Å². The molecule has 1 aromatic carbocycles. The first-order chi connectivity index (χ1) is 11.3. The predicted octanol–water partition coefficient (Wildman–Crippen LogP) is 2.04. The SMILES string of the molecule is CC(C)(C)OC(=O)N1C(=O)[C@H]2CN(Cc3ccccc3)C[C@H]2C1=O. The van der Waals surface area contributed by atoms with Crippen LogP contribution in [0.3, 0.4) is 0 Å². The monoisotopic (exact) mass is 330 g/mol. The maximum atomic E-state index is 12.5. The summed E-state index contributed by atoms with van der Waals surface area (Å²) in [5.74, 6) is -1.77. The van der Waals surface area contributed by atoms with Crippen molar-refractivity contribution in [3.05, 3.63) is 35.9 Å². The first-order valence-corrected chi connectivity index (χ1v) is 8.13. The van der Waals surface area contributed by atoms with Crippen LogP contribution in [0, 0.1) is 11.8 Å². The van der Waals surface area contributed by atoms with Gasteiger partial charge < -0.3 is 4.74 Å². The Morgan fingerprint density at radius 3 is 2.12 bits per heavy atom. The fourth-order valence-corrected chi connectivity index (χ4v) is 3.28. The highest BCUT2D eigenvalue weighted by molar-refractivity contribution is 6.16. The summed E-state index contributed by atoms with van der Waals surface area (Å²) in [6.45, 7) is 6.79. The molecule has 0 saturated carbocycles. The molecule has 0 radical (unpaired) electrons. The third-order valence-electron chi connectivity index (χ3n) is 4.30. The van der Waals surface area contributed by atoms with Gasteiger partial charge in [0.1, 0.15) is 5.60 Å². The molecule has 0 bridgehead atoms. The molecule has 24 heavy (non-hydrogen) atoms. The van der Waals surface area contributed by atoms with E-state index in [1.165, 1.54) is 0 Å². The fraction of sp³-hybridized carbons (Fsp3) is 0.500. The van der Waals surface area contributed by atoms with Crippen molar-refractivity contribution in [2.75, 3.05) is 13.1 Å². The average Bonchev–Trinajstić information content (AvgIpc) is 2.98. The number of likely N-dealkylation sites (tertiary alicyclic amines) is 2. The second-order valence-electron chi connectivity index (χ2n) is 7.38. The third kappa shape index (κ3) is 3.19. The van der Waals surface area contributed by atoms with E-state index in [9.17, 15) is 14.4 Å². The maximum Gasteiger partial charge on any atom is 0.424 e. The van der Waals surface area contributed by atoms with Gasteiger partial charge >= 0.3 is 6.09 Å². The van der Waals surface area contributed by atoms with Gasteiger partial charge in [0.2, 0.25) is 11.8 Å². The Balaban J connectivity index is 1.67. The summed E-state index contributed by atoms with van der Waals surface area (Å²) >= 11 is 0. The summed E-state index contributed by atoms with van der Waals surface area (Å²) in [4.78, 5) is 39.9. The van der Waals surface area contributed by atoms with Crippen molar-refractivity contribution in [1.29, 1.82) is 0 Å². The highest BCUT2D eigenvalue weighted by atomic mass is 16.6. The highest BCUT2D eigenvalue weighted by Gasteiger charge is 2.55. The Morgan fingerprint density at radius 2 is 1.62 bits per heavy atom. The molecular formula is C18H22N2O4. The smallest absolute Gasteiger partial charge is 0.424 e. The Kier molecular flexibility index (Phi) is 4.17. The van der Waals surface area contributed by atoms with Gasteiger partial charge in [-0.15, -0.1) is 0 Å². The molecule has 0 aliphatic carbocycles. The normalized spacial score (nSPS) is 24.4. The Bertz CT molecular complexity index is 641. The molecule has 0 N–H and O–H groups in total. The van der Waals surface area contributed by atoms with Crippen LogP contribution in [0.4, 0.5) is 4.79 Å². The van der Waals surface area contributed by atoms with Crippen LogP contribution in [0.2, 0.25) is 0 Å². The Morgan fingerprint density at radius 1 is 1.08 bits per heavy atom. The molecule has 2 saturated heterocycles. The molecule has 0 spiro atoms. The van der Waals surface area contributed by atoms with E-state index in [4.69, 9.17) is 4.74 Å². The van der Waals surface area contributed by atoms with E-state index in [-0.39, 0.29) is 0 Å². The van der Waals surface area contributed by atoms with Crippen LogP contribution in [0.1, 0.15) is 26.3 Å².